The van der Waals surface area contributed by atoms with Gasteiger partial charge in [0, 0.05) is 37.7 Å². The minimum absolute atomic E-state index is 0.0921. The van der Waals surface area contributed by atoms with Crippen molar-refractivity contribution >= 4 is 11.8 Å². The molecule has 3 aliphatic heterocycles. The SMILES string of the molecule is COc1cc([C@@H]2CN(C(=O)c3ccc4c(c3)OCO4)C[C@@H]2C(=O)N2CCCCC2)cc(OC)c1OC. The highest BCUT2D eigenvalue weighted by Crippen LogP contribution is 2.44. The molecule has 0 N–H and O–H groups in total. The quantitative estimate of drug-likeness (QED) is 0.607. The maximum Gasteiger partial charge on any atom is 0.254 e. The van der Waals surface area contributed by atoms with Gasteiger partial charge in [0.25, 0.3) is 5.91 Å². The van der Waals surface area contributed by atoms with Gasteiger partial charge in [0.15, 0.2) is 23.0 Å². The van der Waals surface area contributed by atoms with Crippen LogP contribution in [0.4, 0.5) is 0 Å². The number of benzene rings is 2. The molecule has 36 heavy (non-hydrogen) atoms. The van der Waals surface area contributed by atoms with E-state index in [2.05, 4.69) is 0 Å². The molecule has 0 unspecified atom stereocenters. The van der Waals surface area contributed by atoms with Gasteiger partial charge in [-0.1, -0.05) is 0 Å². The second-order valence-corrected chi connectivity index (χ2v) is 9.34. The van der Waals surface area contributed by atoms with Gasteiger partial charge in [-0.2, -0.15) is 0 Å². The van der Waals surface area contributed by atoms with E-state index < -0.39 is 0 Å². The van der Waals surface area contributed by atoms with Crippen LogP contribution in [0.3, 0.4) is 0 Å². The average molecular weight is 497 g/mol. The second-order valence-electron chi connectivity index (χ2n) is 9.34. The van der Waals surface area contributed by atoms with Crippen molar-refractivity contribution in [2.24, 2.45) is 5.92 Å². The first-order valence-electron chi connectivity index (χ1n) is 12.3. The molecule has 0 saturated carbocycles. The first-order chi connectivity index (χ1) is 17.5. The van der Waals surface area contributed by atoms with Gasteiger partial charge >= 0.3 is 0 Å². The zero-order valence-electron chi connectivity index (χ0n) is 21.0. The monoisotopic (exact) mass is 496 g/mol. The molecule has 2 aromatic carbocycles. The first kappa shape index (κ1) is 24.1. The van der Waals surface area contributed by atoms with Crippen molar-refractivity contribution in [3.63, 3.8) is 0 Å². The van der Waals surface area contributed by atoms with Gasteiger partial charge in [-0.25, -0.2) is 0 Å². The number of rotatable bonds is 6. The Kier molecular flexibility index (Phi) is 6.80. The van der Waals surface area contributed by atoms with Crippen LogP contribution in [0.25, 0.3) is 0 Å². The van der Waals surface area contributed by atoms with Crippen LogP contribution < -0.4 is 23.7 Å². The third-order valence-corrected chi connectivity index (χ3v) is 7.33. The zero-order valence-corrected chi connectivity index (χ0v) is 21.0. The Hall–Kier alpha value is -3.62. The van der Waals surface area contributed by atoms with E-state index in [1.54, 1.807) is 44.4 Å². The number of hydrogen-bond donors (Lipinski definition) is 0. The molecule has 0 radical (unpaired) electrons. The molecule has 0 spiro atoms. The van der Waals surface area contributed by atoms with Crippen LogP contribution in [0.1, 0.15) is 41.1 Å². The molecule has 3 aliphatic rings. The molecule has 2 aromatic rings. The summed E-state index contributed by atoms with van der Waals surface area (Å²) in [4.78, 5) is 31.0. The van der Waals surface area contributed by atoms with Crippen molar-refractivity contribution in [2.75, 3.05) is 54.3 Å². The van der Waals surface area contributed by atoms with Crippen molar-refractivity contribution in [1.29, 1.82) is 0 Å². The van der Waals surface area contributed by atoms with Crippen LogP contribution in [0, 0.1) is 5.92 Å². The number of amides is 2. The predicted octanol–water partition coefficient (Wildman–Crippen LogP) is 3.31. The summed E-state index contributed by atoms with van der Waals surface area (Å²) in [6.07, 6.45) is 3.15. The van der Waals surface area contributed by atoms with Crippen LogP contribution in [0.2, 0.25) is 0 Å². The number of ether oxygens (including phenoxy) is 5. The molecule has 3 heterocycles. The Morgan fingerprint density at radius 1 is 0.833 bits per heavy atom. The van der Waals surface area contributed by atoms with E-state index in [4.69, 9.17) is 23.7 Å². The number of piperidine rings is 1. The third-order valence-electron chi connectivity index (χ3n) is 7.33. The Balaban J connectivity index is 1.48. The van der Waals surface area contributed by atoms with E-state index in [9.17, 15) is 9.59 Å². The molecule has 2 saturated heterocycles. The number of hydrogen-bond acceptors (Lipinski definition) is 7. The topological polar surface area (TPSA) is 86.8 Å². The smallest absolute Gasteiger partial charge is 0.254 e. The summed E-state index contributed by atoms with van der Waals surface area (Å²) in [6, 6.07) is 8.97. The van der Waals surface area contributed by atoms with E-state index in [0.29, 0.717) is 47.4 Å². The number of carbonyl (C=O) groups excluding carboxylic acids is 2. The van der Waals surface area contributed by atoms with Gasteiger partial charge < -0.3 is 33.5 Å². The fourth-order valence-corrected chi connectivity index (χ4v) is 5.43. The maximum absolute atomic E-state index is 13.7. The van der Waals surface area contributed by atoms with Crippen LogP contribution >= 0.6 is 0 Å². The molecular formula is C27H32N2O7. The molecule has 2 atom stereocenters. The molecule has 9 heteroatoms. The Bertz CT molecular complexity index is 1120. The minimum atomic E-state index is -0.371. The highest BCUT2D eigenvalue weighted by atomic mass is 16.7. The lowest BCUT2D eigenvalue weighted by atomic mass is 9.87. The zero-order chi connectivity index (χ0) is 25.2. The lowest BCUT2D eigenvalue weighted by Gasteiger charge is -2.31. The van der Waals surface area contributed by atoms with Gasteiger partial charge in [0.2, 0.25) is 18.4 Å². The number of nitrogens with zero attached hydrogens (tertiary/aromatic N) is 2. The number of fused-ring (bicyclic) bond motifs is 1. The summed E-state index contributed by atoms with van der Waals surface area (Å²) in [6.45, 7) is 2.40. The van der Waals surface area contributed by atoms with E-state index >= 15 is 0 Å². The molecule has 0 aliphatic carbocycles. The summed E-state index contributed by atoms with van der Waals surface area (Å²) in [7, 11) is 4.70. The fourth-order valence-electron chi connectivity index (χ4n) is 5.43. The van der Waals surface area contributed by atoms with Crippen LogP contribution in [-0.4, -0.2) is 75.9 Å². The van der Waals surface area contributed by atoms with E-state index in [1.807, 2.05) is 17.0 Å². The normalized spacial score (nSPS) is 20.9. The van der Waals surface area contributed by atoms with Crippen LogP contribution in [0.15, 0.2) is 30.3 Å². The van der Waals surface area contributed by atoms with Crippen molar-refractivity contribution in [2.45, 2.75) is 25.2 Å². The third kappa shape index (κ3) is 4.38. The molecule has 2 amide bonds. The summed E-state index contributed by atoms with van der Waals surface area (Å²) in [5.74, 6) is 2.09. The van der Waals surface area contributed by atoms with Gasteiger partial charge in [-0.3, -0.25) is 9.59 Å². The Labute approximate surface area is 210 Å². The second kappa shape index (κ2) is 10.2. The van der Waals surface area contributed by atoms with Gasteiger partial charge in [0.1, 0.15) is 0 Å². The summed E-state index contributed by atoms with van der Waals surface area (Å²) < 4.78 is 27.5. The first-order valence-corrected chi connectivity index (χ1v) is 12.3. The number of methoxy groups -OCH3 is 3. The van der Waals surface area contributed by atoms with E-state index in [0.717, 1.165) is 37.9 Å². The van der Waals surface area contributed by atoms with Gasteiger partial charge in [0.05, 0.1) is 27.2 Å². The molecule has 0 bridgehead atoms. The van der Waals surface area contributed by atoms with Crippen molar-refractivity contribution < 1.29 is 33.3 Å². The molecule has 2 fully saturated rings. The van der Waals surface area contributed by atoms with Crippen molar-refractivity contribution in [3.8, 4) is 28.7 Å². The molecular weight excluding hydrogens is 464 g/mol. The van der Waals surface area contributed by atoms with Crippen molar-refractivity contribution in [3.05, 3.63) is 41.5 Å². The van der Waals surface area contributed by atoms with Gasteiger partial charge in [-0.05, 0) is 55.2 Å². The van der Waals surface area contributed by atoms with Crippen LogP contribution in [-0.2, 0) is 4.79 Å². The molecule has 9 nitrogen and oxygen atoms in total. The molecule has 0 aromatic heterocycles. The predicted molar refractivity (Wildman–Crippen MR) is 131 cm³/mol. The summed E-state index contributed by atoms with van der Waals surface area (Å²) in [5.41, 5.74) is 1.38. The lowest BCUT2D eigenvalue weighted by molar-refractivity contribution is -0.136. The number of carbonyl (C=O) groups is 2. The van der Waals surface area contributed by atoms with Crippen molar-refractivity contribution in [1.82, 2.24) is 9.80 Å². The highest BCUT2D eigenvalue weighted by molar-refractivity contribution is 5.96. The fraction of sp³-hybridized carbons (Fsp3) is 0.481. The largest absolute Gasteiger partial charge is 0.493 e. The molecule has 5 rings (SSSR count). The minimum Gasteiger partial charge on any atom is -0.493 e. The van der Waals surface area contributed by atoms with Gasteiger partial charge in [-0.15, -0.1) is 0 Å². The number of likely N-dealkylation sites (tertiary alicyclic amines) is 2. The average Bonchev–Trinajstić information content (AvgIpc) is 3.59. The van der Waals surface area contributed by atoms with E-state index in [1.165, 1.54) is 0 Å². The highest BCUT2D eigenvalue weighted by Gasteiger charge is 2.43. The Morgan fingerprint density at radius 3 is 2.19 bits per heavy atom. The lowest BCUT2D eigenvalue weighted by Crippen LogP contribution is -2.42. The molecule has 192 valence electrons. The van der Waals surface area contributed by atoms with E-state index in [-0.39, 0.29) is 30.4 Å². The Morgan fingerprint density at radius 2 is 1.53 bits per heavy atom. The standard InChI is InChI=1S/C27H32N2O7/c1-32-23-12-18(13-24(33-2)25(23)34-3)19-14-29(15-20(19)27(31)28-9-5-4-6-10-28)26(30)17-7-8-21-22(11-17)36-16-35-21/h7-8,11-13,19-20H,4-6,9-10,14-16H2,1-3H3/t19-,20-/m0/s1. The summed E-state index contributed by atoms with van der Waals surface area (Å²) in [5, 5.41) is 0. The summed E-state index contributed by atoms with van der Waals surface area (Å²) >= 11 is 0. The maximum atomic E-state index is 13.7. The van der Waals surface area contributed by atoms with Crippen LogP contribution in [0.5, 0.6) is 28.7 Å².